The third-order valence-corrected chi connectivity index (χ3v) is 6.73. The van der Waals surface area contributed by atoms with Gasteiger partial charge < -0.3 is 59.2 Å². The van der Waals surface area contributed by atoms with E-state index in [1.165, 1.54) is 12.2 Å². The minimum absolute atomic E-state index is 0.0668. The molecule has 0 bridgehead atoms. The molecule has 0 aliphatic carbocycles. The fourth-order valence-electron chi connectivity index (χ4n) is 4.37. The first-order chi connectivity index (χ1) is 27.8. The molecule has 0 saturated carbocycles. The van der Waals surface area contributed by atoms with Crippen LogP contribution < -0.4 is 21.3 Å². The first-order valence-corrected chi connectivity index (χ1v) is 18.0. The van der Waals surface area contributed by atoms with Crippen molar-refractivity contribution in [3.63, 3.8) is 0 Å². The molecule has 23 nitrogen and oxygen atoms in total. The third-order valence-electron chi connectivity index (χ3n) is 6.73. The highest BCUT2D eigenvalue weighted by molar-refractivity contribution is 5.98. The molecule has 4 aliphatic heterocycles. The summed E-state index contributed by atoms with van der Waals surface area (Å²) in [6, 6.07) is -3.08. The highest BCUT2D eigenvalue weighted by atomic mass is 16.6. The van der Waals surface area contributed by atoms with E-state index in [4.69, 9.17) is 14.2 Å². The van der Waals surface area contributed by atoms with E-state index < -0.39 is 95.4 Å². The number of nitrogens with one attached hydrogen (secondary N) is 4. The van der Waals surface area contributed by atoms with Crippen LogP contribution in [0.1, 0.15) is 80.1 Å². The topological polar surface area (TPSA) is 310 Å². The molecule has 4 N–H and O–H groups in total. The van der Waals surface area contributed by atoms with Gasteiger partial charge in [-0.25, -0.2) is 33.6 Å². The average molecular weight is 855 g/mol. The van der Waals surface area contributed by atoms with Gasteiger partial charge in [-0.05, 0) is 61.0 Å². The molecule has 4 fully saturated rings. The van der Waals surface area contributed by atoms with E-state index in [-0.39, 0.29) is 57.2 Å². The molecule has 60 heavy (non-hydrogen) atoms. The van der Waals surface area contributed by atoms with Crippen molar-refractivity contribution in [2.75, 3.05) is 13.2 Å². The van der Waals surface area contributed by atoms with E-state index in [1.54, 1.807) is 41.5 Å². The number of alkyl carbamates (subject to hydrolysis) is 3. The van der Waals surface area contributed by atoms with Crippen molar-refractivity contribution in [2.24, 2.45) is 0 Å². The maximum atomic E-state index is 11.3. The summed E-state index contributed by atoms with van der Waals surface area (Å²) in [5.74, 6) is -4.23. The molecule has 0 spiro atoms. The summed E-state index contributed by atoms with van der Waals surface area (Å²) in [5, 5.41) is 9.41. The van der Waals surface area contributed by atoms with Crippen LogP contribution >= 0.6 is 0 Å². The van der Waals surface area contributed by atoms with Crippen LogP contribution in [0.15, 0.2) is 37.8 Å². The molecule has 4 rings (SSSR count). The Morgan fingerprint density at radius 2 is 0.883 bits per heavy atom. The SMILES string of the molecule is C=CCOC(=O)CC[C@@H]1NC(=C)OC1=O.C=CCOC(=O)C[C@@H]1NC(=O)OC1=O.CC(C)(C)OC(=O)CC[C@@H]1NC(=O)OC1=O.CC(C)(C)OC(=O)C[C@@H]1NC(=O)OC1=O. The maximum absolute atomic E-state index is 11.3. The quantitative estimate of drug-likeness (QED) is 0.0828. The number of hydrogen-bond donors (Lipinski definition) is 4. The molecule has 23 heteroatoms. The number of carbonyl (C=O) groups is 11. The lowest BCUT2D eigenvalue weighted by molar-refractivity contribution is -0.157. The minimum atomic E-state index is -0.931. The van der Waals surface area contributed by atoms with Crippen molar-refractivity contribution in [3.8, 4) is 0 Å². The number of cyclic esters (lactones) is 7. The second kappa shape index (κ2) is 24.2. The zero-order valence-corrected chi connectivity index (χ0v) is 34.0. The van der Waals surface area contributed by atoms with Crippen LogP contribution in [0.25, 0.3) is 0 Å². The van der Waals surface area contributed by atoms with Crippen LogP contribution in [0.2, 0.25) is 0 Å². The lowest BCUT2D eigenvalue weighted by Gasteiger charge is -2.19. The molecule has 0 radical (unpaired) electrons. The number of rotatable bonds is 14. The van der Waals surface area contributed by atoms with E-state index in [0.717, 1.165) is 0 Å². The fourth-order valence-corrected chi connectivity index (χ4v) is 4.37. The van der Waals surface area contributed by atoms with Gasteiger partial charge in [-0.3, -0.25) is 19.2 Å². The summed E-state index contributed by atoms with van der Waals surface area (Å²) in [6.45, 7) is 20.9. The molecular weight excluding hydrogens is 804 g/mol. The normalized spacial score (nSPS) is 20.1. The maximum Gasteiger partial charge on any atom is 0.415 e. The van der Waals surface area contributed by atoms with Gasteiger partial charge in [0.15, 0.2) is 5.88 Å². The third kappa shape index (κ3) is 21.6. The largest absolute Gasteiger partial charge is 0.461 e. The van der Waals surface area contributed by atoms with Crippen molar-refractivity contribution in [1.82, 2.24) is 21.3 Å². The van der Waals surface area contributed by atoms with Crippen molar-refractivity contribution in [2.45, 2.75) is 115 Å². The summed E-state index contributed by atoms with van der Waals surface area (Å²) in [5.41, 5.74) is -1.15. The van der Waals surface area contributed by atoms with Crippen LogP contribution in [0, 0.1) is 0 Å². The van der Waals surface area contributed by atoms with Crippen molar-refractivity contribution >= 4 is 66.0 Å². The van der Waals surface area contributed by atoms with Gasteiger partial charge in [0.05, 0.1) is 12.8 Å². The van der Waals surface area contributed by atoms with Gasteiger partial charge in [-0.2, -0.15) is 0 Å². The van der Waals surface area contributed by atoms with Gasteiger partial charge in [0, 0.05) is 12.8 Å². The van der Waals surface area contributed by atoms with Crippen LogP contribution in [0.5, 0.6) is 0 Å². The Balaban J connectivity index is 0.000000400. The standard InChI is InChI=1S/C10H15NO5.C10H13NO4.C9H13NO5.C8H9NO5/c1-10(2,3)16-7(12)5-4-6-8(13)15-9(14)11-6;1-3-6-14-9(12)5-4-8-10(13)15-7(2)11-8;1-9(2,3)15-6(11)4-5-7(12)14-8(13)10-5;1-2-3-13-6(10)4-5-7(11)14-8(12)9-5/h6H,4-5H2,1-3H3,(H,11,14);3,8,11H,1-2,4-6H2;5H,4H2,1-3H3,(H,10,13);2,5H,1,3-4H2,(H,9,12)/t6-;8-;2*5-/m0000/s1. The molecule has 0 aromatic carbocycles. The van der Waals surface area contributed by atoms with Crippen molar-refractivity contribution in [1.29, 1.82) is 0 Å². The highest BCUT2D eigenvalue weighted by Gasteiger charge is 2.36. The van der Waals surface area contributed by atoms with Crippen molar-refractivity contribution in [3.05, 3.63) is 37.8 Å². The Kier molecular flexibility index (Phi) is 20.6. The summed E-state index contributed by atoms with van der Waals surface area (Å²) < 4.78 is 36.7. The average Bonchev–Trinajstić information content (AvgIpc) is 3.82. The fraction of sp³-hybridized carbons (Fsp3) is 0.541. The molecule has 0 unspecified atom stereocenters. The summed E-state index contributed by atoms with van der Waals surface area (Å²) in [6.07, 6.45) is 0.800. The van der Waals surface area contributed by atoms with Crippen LogP contribution in [-0.4, -0.2) is 115 Å². The number of hydrogen-bond acceptors (Lipinski definition) is 20. The molecule has 332 valence electrons. The van der Waals surface area contributed by atoms with Gasteiger partial charge in [0.2, 0.25) is 0 Å². The summed E-state index contributed by atoms with van der Waals surface area (Å²) in [4.78, 5) is 120. The van der Waals surface area contributed by atoms with Gasteiger partial charge >= 0.3 is 66.0 Å². The predicted molar refractivity (Wildman–Crippen MR) is 199 cm³/mol. The van der Waals surface area contributed by atoms with Gasteiger partial charge in [-0.1, -0.05) is 25.3 Å². The molecule has 4 atom stereocenters. The van der Waals surface area contributed by atoms with Crippen molar-refractivity contribution < 1.29 is 90.6 Å². The molecule has 4 aliphatic rings. The zero-order chi connectivity index (χ0) is 45.8. The number of amides is 3. The zero-order valence-electron chi connectivity index (χ0n) is 34.0. The predicted octanol–water partition coefficient (Wildman–Crippen LogP) is 1.32. The van der Waals surface area contributed by atoms with Gasteiger partial charge in [-0.15, -0.1) is 0 Å². The Bertz CT molecular complexity index is 1690. The van der Waals surface area contributed by atoms with Gasteiger partial charge in [0.1, 0.15) is 48.6 Å². The Hall–Kier alpha value is -6.81. The smallest absolute Gasteiger partial charge is 0.415 e. The van der Waals surface area contributed by atoms with Crippen LogP contribution in [0.3, 0.4) is 0 Å². The molecule has 3 amide bonds. The minimum Gasteiger partial charge on any atom is -0.461 e. The Labute approximate surface area is 344 Å². The molecule has 0 aromatic heterocycles. The van der Waals surface area contributed by atoms with Crippen LogP contribution in [-0.2, 0) is 76.3 Å². The first-order valence-electron chi connectivity index (χ1n) is 18.0. The molecule has 4 saturated heterocycles. The highest BCUT2D eigenvalue weighted by Crippen LogP contribution is 2.14. The monoisotopic (exact) mass is 854 g/mol. The summed E-state index contributed by atoms with van der Waals surface area (Å²) in [7, 11) is 0. The summed E-state index contributed by atoms with van der Waals surface area (Å²) >= 11 is 0. The van der Waals surface area contributed by atoms with E-state index in [9.17, 15) is 52.7 Å². The van der Waals surface area contributed by atoms with Crippen LogP contribution in [0.4, 0.5) is 14.4 Å². The molecular formula is C37H50N4O19. The molecule has 0 aromatic rings. The molecule has 4 heterocycles. The first kappa shape index (κ1) is 51.2. The van der Waals surface area contributed by atoms with Gasteiger partial charge in [0.25, 0.3) is 0 Å². The van der Waals surface area contributed by atoms with E-state index in [0.29, 0.717) is 6.42 Å². The van der Waals surface area contributed by atoms with E-state index in [2.05, 4.69) is 64.7 Å². The lowest BCUT2D eigenvalue weighted by atomic mass is 10.1. The Morgan fingerprint density at radius 3 is 1.25 bits per heavy atom. The van der Waals surface area contributed by atoms with E-state index in [1.807, 2.05) is 0 Å². The number of carbonyl (C=O) groups excluding carboxylic acids is 11. The second-order valence-electron chi connectivity index (χ2n) is 14.4. The number of ether oxygens (including phenoxy) is 8. The van der Waals surface area contributed by atoms with E-state index >= 15 is 0 Å². The lowest BCUT2D eigenvalue weighted by Crippen LogP contribution is -2.34. The Morgan fingerprint density at radius 1 is 0.533 bits per heavy atom. The second-order valence-corrected chi connectivity index (χ2v) is 14.4. The number of esters is 8.